The van der Waals surface area contributed by atoms with Crippen molar-refractivity contribution in [2.45, 2.75) is 38.1 Å². The van der Waals surface area contributed by atoms with E-state index in [1.165, 1.54) is 6.42 Å². The number of rotatable bonds is 3. The van der Waals surface area contributed by atoms with Crippen molar-refractivity contribution in [1.29, 1.82) is 0 Å². The second-order valence-electron chi connectivity index (χ2n) is 3.78. The van der Waals surface area contributed by atoms with Gasteiger partial charge < -0.3 is 11.5 Å². The molecule has 1 aliphatic rings. The van der Waals surface area contributed by atoms with Crippen LogP contribution >= 0.6 is 0 Å². The van der Waals surface area contributed by atoms with E-state index in [1.54, 1.807) is 0 Å². The molecule has 64 valence electrons. The number of hydrogen-bond donors (Lipinski definition) is 2. The molecule has 1 atom stereocenters. The van der Waals surface area contributed by atoms with Crippen molar-refractivity contribution in [3.63, 3.8) is 0 Å². The van der Waals surface area contributed by atoms with Crippen LogP contribution in [-0.2, 0) is 4.79 Å². The van der Waals surface area contributed by atoms with E-state index < -0.39 is 0 Å². The van der Waals surface area contributed by atoms with Crippen molar-refractivity contribution < 1.29 is 4.79 Å². The first-order valence-electron chi connectivity index (χ1n) is 4.09. The molecule has 0 spiro atoms. The SMILES string of the molecule is CC(N)(CC(N)=O)C1CCC1. The van der Waals surface area contributed by atoms with Crippen LogP contribution < -0.4 is 11.5 Å². The Morgan fingerprint density at radius 2 is 2.18 bits per heavy atom. The van der Waals surface area contributed by atoms with E-state index in [2.05, 4.69) is 0 Å². The van der Waals surface area contributed by atoms with Crippen LogP contribution in [0.5, 0.6) is 0 Å². The van der Waals surface area contributed by atoms with E-state index in [0.29, 0.717) is 12.3 Å². The third kappa shape index (κ3) is 1.93. The highest BCUT2D eigenvalue weighted by Crippen LogP contribution is 2.36. The molecule has 1 saturated carbocycles. The van der Waals surface area contributed by atoms with Crippen LogP contribution in [-0.4, -0.2) is 11.4 Å². The van der Waals surface area contributed by atoms with Gasteiger partial charge in [-0.25, -0.2) is 0 Å². The minimum absolute atomic E-state index is 0.290. The highest BCUT2D eigenvalue weighted by molar-refractivity contribution is 5.75. The van der Waals surface area contributed by atoms with Crippen LogP contribution in [0.4, 0.5) is 0 Å². The lowest BCUT2D eigenvalue weighted by Gasteiger charge is -2.39. The average Bonchev–Trinajstić information content (AvgIpc) is 1.50. The Bertz CT molecular complexity index is 161. The topological polar surface area (TPSA) is 69.1 Å². The third-order valence-electron chi connectivity index (χ3n) is 2.59. The summed E-state index contributed by atoms with van der Waals surface area (Å²) in [6, 6.07) is 0. The lowest BCUT2D eigenvalue weighted by Crippen LogP contribution is -2.49. The number of carbonyl (C=O) groups is 1. The Labute approximate surface area is 67.1 Å². The van der Waals surface area contributed by atoms with Crippen molar-refractivity contribution >= 4 is 5.91 Å². The molecule has 1 aliphatic carbocycles. The Morgan fingerprint density at radius 3 is 2.45 bits per heavy atom. The molecule has 3 nitrogen and oxygen atoms in total. The van der Waals surface area contributed by atoms with Crippen molar-refractivity contribution in [1.82, 2.24) is 0 Å². The number of primary amides is 1. The zero-order valence-electron chi connectivity index (χ0n) is 6.97. The van der Waals surface area contributed by atoms with E-state index in [4.69, 9.17) is 11.5 Å². The van der Waals surface area contributed by atoms with E-state index in [9.17, 15) is 4.79 Å². The Kier molecular flexibility index (Phi) is 2.18. The van der Waals surface area contributed by atoms with E-state index >= 15 is 0 Å². The minimum Gasteiger partial charge on any atom is -0.370 e. The molecule has 1 amide bonds. The molecule has 4 N–H and O–H groups in total. The summed E-state index contributed by atoms with van der Waals surface area (Å²) in [5.41, 5.74) is 10.6. The molecule has 0 aromatic heterocycles. The Hall–Kier alpha value is -0.570. The minimum atomic E-state index is -0.357. The van der Waals surface area contributed by atoms with Crippen LogP contribution in [0.3, 0.4) is 0 Å². The fraction of sp³-hybridized carbons (Fsp3) is 0.875. The summed E-state index contributed by atoms with van der Waals surface area (Å²) >= 11 is 0. The maximum atomic E-state index is 10.6. The lowest BCUT2D eigenvalue weighted by molar-refractivity contribution is -0.119. The predicted octanol–water partition coefficient (Wildman–Crippen LogP) is 0.379. The van der Waals surface area contributed by atoms with Gasteiger partial charge in [-0.2, -0.15) is 0 Å². The van der Waals surface area contributed by atoms with Gasteiger partial charge in [0, 0.05) is 12.0 Å². The fourth-order valence-corrected chi connectivity index (χ4v) is 1.59. The summed E-state index contributed by atoms with van der Waals surface area (Å²) in [5, 5.41) is 0. The maximum Gasteiger partial charge on any atom is 0.219 e. The van der Waals surface area contributed by atoms with Crippen LogP contribution in [0.1, 0.15) is 32.6 Å². The molecule has 1 rings (SSSR count). The van der Waals surface area contributed by atoms with Crippen LogP contribution in [0, 0.1) is 5.92 Å². The zero-order valence-corrected chi connectivity index (χ0v) is 6.97. The first-order chi connectivity index (χ1) is 5.02. The quantitative estimate of drug-likeness (QED) is 0.620. The van der Waals surface area contributed by atoms with Crippen LogP contribution in [0.2, 0.25) is 0 Å². The summed E-state index contributed by atoms with van der Waals surface area (Å²) in [6.45, 7) is 1.92. The molecule has 0 aromatic rings. The monoisotopic (exact) mass is 156 g/mol. The second-order valence-corrected chi connectivity index (χ2v) is 3.78. The molecular formula is C8H16N2O. The summed E-state index contributed by atoms with van der Waals surface area (Å²) in [7, 11) is 0. The number of amides is 1. The molecule has 11 heavy (non-hydrogen) atoms. The summed E-state index contributed by atoms with van der Waals surface area (Å²) in [4.78, 5) is 10.6. The van der Waals surface area contributed by atoms with Crippen molar-refractivity contribution in [2.75, 3.05) is 0 Å². The molecule has 1 unspecified atom stereocenters. The van der Waals surface area contributed by atoms with E-state index in [-0.39, 0.29) is 11.4 Å². The highest BCUT2D eigenvalue weighted by Gasteiger charge is 2.35. The maximum absolute atomic E-state index is 10.6. The van der Waals surface area contributed by atoms with Gasteiger partial charge in [0.2, 0.25) is 5.91 Å². The van der Waals surface area contributed by atoms with Gasteiger partial charge in [-0.1, -0.05) is 6.42 Å². The Balaban J connectivity index is 2.43. The molecule has 0 bridgehead atoms. The Morgan fingerprint density at radius 1 is 1.64 bits per heavy atom. The summed E-state index contributed by atoms with van der Waals surface area (Å²) in [5.74, 6) is 0.219. The summed E-state index contributed by atoms with van der Waals surface area (Å²) < 4.78 is 0. The van der Waals surface area contributed by atoms with Crippen LogP contribution in [0.25, 0.3) is 0 Å². The van der Waals surface area contributed by atoms with E-state index in [1.807, 2.05) is 6.92 Å². The number of carbonyl (C=O) groups excluding carboxylic acids is 1. The molecule has 0 aliphatic heterocycles. The second kappa shape index (κ2) is 2.81. The molecule has 0 heterocycles. The van der Waals surface area contributed by atoms with Gasteiger partial charge in [-0.3, -0.25) is 4.79 Å². The third-order valence-corrected chi connectivity index (χ3v) is 2.59. The van der Waals surface area contributed by atoms with Gasteiger partial charge in [-0.05, 0) is 25.7 Å². The normalized spacial score (nSPS) is 23.8. The molecule has 0 saturated heterocycles. The predicted molar refractivity (Wildman–Crippen MR) is 43.7 cm³/mol. The largest absolute Gasteiger partial charge is 0.370 e. The first-order valence-corrected chi connectivity index (χ1v) is 4.09. The van der Waals surface area contributed by atoms with Gasteiger partial charge in [0.15, 0.2) is 0 Å². The molecule has 1 fully saturated rings. The zero-order chi connectivity index (χ0) is 8.48. The van der Waals surface area contributed by atoms with E-state index in [0.717, 1.165) is 12.8 Å². The molecular weight excluding hydrogens is 140 g/mol. The first kappa shape index (κ1) is 8.53. The van der Waals surface area contributed by atoms with Gasteiger partial charge in [0.05, 0.1) is 0 Å². The highest BCUT2D eigenvalue weighted by atomic mass is 16.1. The van der Waals surface area contributed by atoms with Gasteiger partial charge in [-0.15, -0.1) is 0 Å². The molecule has 0 radical (unpaired) electrons. The number of hydrogen-bond acceptors (Lipinski definition) is 2. The number of nitrogens with two attached hydrogens (primary N) is 2. The molecule has 3 heteroatoms. The van der Waals surface area contributed by atoms with Gasteiger partial charge in [0.1, 0.15) is 0 Å². The van der Waals surface area contributed by atoms with Crippen molar-refractivity contribution in [3.8, 4) is 0 Å². The molecule has 0 aromatic carbocycles. The average molecular weight is 156 g/mol. The summed E-state index contributed by atoms with van der Waals surface area (Å²) in [6.07, 6.45) is 3.87. The van der Waals surface area contributed by atoms with Crippen molar-refractivity contribution in [3.05, 3.63) is 0 Å². The van der Waals surface area contributed by atoms with Crippen molar-refractivity contribution in [2.24, 2.45) is 17.4 Å². The smallest absolute Gasteiger partial charge is 0.219 e. The van der Waals surface area contributed by atoms with Crippen LogP contribution in [0.15, 0.2) is 0 Å². The lowest BCUT2D eigenvalue weighted by atomic mass is 9.70. The fourth-order valence-electron chi connectivity index (χ4n) is 1.59. The van der Waals surface area contributed by atoms with Gasteiger partial charge >= 0.3 is 0 Å². The standard InChI is InChI=1S/C8H16N2O/c1-8(10,5-7(9)11)6-3-2-4-6/h6H,2-5,10H2,1H3,(H2,9,11). The van der Waals surface area contributed by atoms with Gasteiger partial charge in [0.25, 0.3) is 0 Å².